The first kappa shape index (κ1) is 13.3. The molecule has 0 saturated heterocycles. The van der Waals surface area contributed by atoms with Crippen LogP contribution in [-0.4, -0.2) is 17.1 Å². The first-order chi connectivity index (χ1) is 8.56. The topological polar surface area (TPSA) is 63.3 Å². The van der Waals surface area contributed by atoms with E-state index in [0.717, 1.165) is 19.8 Å². The van der Waals surface area contributed by atoms with E-state index in [1.54, 1.807) is 11.3 Å². The van der Waals surface area contributed by atoms with Gasteiger partial charge in [-0.05, 0) is 29.8 Å². The molecule has 1 aromatic carbocycles. The van der Waals surface area contributed by atoms with E-state index in [0.29, 0.717) is 6.42 Å². The maximum atomic E-state index is 10.7. The largest absolute Gasteiger partial charge is 0.480 e. The minimum atomic E-state index is -0.965. The van der Waals surface area contributed by atoms with Crippen LogP contribution in [0.15, 0.2) is 40.9 Å². The molecule has 0 aliphatic rings. The molecule has 1 unspecified atom stereocenters. The molecule has 2 rings (SSSR count). The van der Waals surface area contributed by atoms with Gasteiger partial charge in [0.05, 0.1) is 0 Å². The second kappa shape index (κ2) is 5.65. The molecule has 0 saturated carbocycles. The van der Waals surface area contributed by atoms with Crippen molar-refractivity contribution in [1.82, 2.24) is 0 Å². The Kier molecular flexibility index (Phi) is 4.16. The third-order valence-corrected chi connectivity index (χ3v) is 4.16. The average molecular weight is 326 g/mol. The second-order valence-electron chi connectivity index (χ2n) is 3.93. The molecule has 0 radical (unpaired) electrons. The Morgan fingerprint density at radius 3 is 2.83 bits per heavy atom. The summed E-state index contributed by atoms with van der Waals surface area (Å²) in [6.45, 7) is 0. The van der Waals surface area contributed by atoms with Crippen LogP contribution in [0.25, 0.3) is 10.4 Å². The maximum absolute atomic E-state index is 10.7. The van der Waals surface area contributed by atoms with Gasteiger partial charge in [0.25, 0.3) is 0 Å². The lowest BCUT2D eigenvalue weighted by Crippen LogP contribution is -2.31. The maximum Gasteiger partial charge on any atom is 0.320 e. The standard InChI is InChI=1S/C13H12BrNO2S/c14-9-3-1-2-8(6-9)12-5-4-10(18-12)7-11(15)13(16)17/h1-6,11H,7,15H2,(H,16,17). The minimum Gasteiger partial charge on any atom is -0.480 e. The van der Waals surface area contributed by atoms with Crippen LogP contribution in [0.2, 0.25) is 0 Å². The third-order valence-electron chi connectivity index (χ3n) is 2.51. The van der Waals surface area contributed by atoms with Crippen molar-refractivity contribution in [2.24, 2.45) is 5.73 Å². The molecule has 0 amide bonds. The fraction of sp³-hybridized carbons (Fsp3) is 0.154. The van der Waals surface area contributed by atoms with Crippen LogP contribution in [0.4, 0.5) is 0 Å². The third kappa shape index (κ3) is 3.19. The van der Waals surface area contributed by atoms with Gasteiger partial charge in [0.2, 0.25) is 0 Å². The van der Waals surface area contributed by atoms with E-state index in [4.69, 9.17) is 10.8 Å². The van der Waals surface area contributed by atoms with Crippen molar-refractivity contribution in [3.8, 4) is 10.4 Å². The van der Waals surface area contributed by atoms with Gasteiger partial charge in [0.15, 0.2) is 0 Å². The van der Waals surface area contributed by atoms with Gasteiger partial charge >= 0.3 is 5.97 Å². The first-order valence-corrected chi connectivity index (χ1v) is 7.00. The number of carbonyl (C=O) groups is 1. The quantitative estimate of drug-likeness (QED) is 0.907. The van der Waals surface area contributed by atoms with Crippen molar-refractivity contribution in [1.29, 1.82) is 0 Å². The predicted octanol–water partition coefficient (Wildman–Crippen LogP) is 3.13. The number of thiophene rings is 1. The van der Waals surface area contributed by atoms with Crippen molar-refractivity contribution in [2.45, 2.75) is 12.5 Å². The Balaban J connectivity index is 2.18. The Hall–Kier alpha value is -1.17. The average Bonchev–Trinajstić information content (AvgIpc) is 2.77. The Morgan fingerprint density at radius 2 is 2.17 bits per heavy atom. The molecule has 2 aromatic rings. The van der Waals surface area contributed by atoms with Gasteiger partial charge in [-0.1, -0.05) is 28.1 Å². The zero-order valence-corrected chi connectivity index (χ0v) is 11.9. The van der Waals surface area contributed by atoms with Gasteiger partial charge in [-0.3, -0.25) is 4.79 Å². The molecule has 0 spiro atoms. The van der Waals surface area contributed by atoms with E-state index in [2.05, 4.69) is 15.9 Å². The van der Waals surface area contributed by atoms with Crippen molar-refractivity contribution in [2.75, 3.05) is 0 Å². The number of aliphatic carboxylic acids is 1. The number of nitrogens with two attached hydrogens (primary N) is 1. The number of hydrogen-bond acceptors (Lipinski definition) is 3. The molecule has 3 N–H and O–H groups in total. The molecular formula is C13H12BrNO2S. The van der Waals surface area contributed by atoms with Gasteiger partial charge in [0.1, 0.15) is 6.04 Å². The predicted molar refractivity (Wildman–Crippen MR) is 76.8 cm³/mol. The highest BCUT2D eigenvalue weighted by Crippen LogP contribution is 2.30. The van der Waals surface area contributed by atoms with Crippen LogP contribution >= 0.6 is 27.3 Å². The van der Waals surface area contributed by atoms with Gasteiger partial charge in [0, 0.05) is 20.6 Å². The number of carboxylic acids is 1. The summed E-state index contributed by atoms with van der Waals surface area (Å²) in [7, 11) is 0. The van der Waals surface area contributed by atoms with Crippen molar-refractivity contribution in [3.63, 3.8) is 0 Å². The summed E-state index contributed by atoms with van der Waals surface area (Å²) in [5.41, 5.74) is 6.64. The zero-order chi connectivity index (χ0) is 13.1. The molecule has 1 aromatic heterocycles. The lowest BCUT2D eigenvalue weighted by atomic mass is 10.2. The minimum absolute atomic E-state index is 0.369. The lowest BCUT2D eigenvalue weighted by Gasteiger charge is -2.03. The van der Waals surface area contributed by atoms with E-state index in [-0.39, 0.29) is 0 Å². The highest BCUT2D eigenvalue weighted by Gasteiger charge is 2.13. The van der Waals surface area contributed by atoms with E-state index in [9.17, 15) is 4.79 Å². The molecule has 1 atom stereocenters. The Morgan fingerprint density at radius 1 is 1.39 bits per heavy atom. The van der Waals surface area contributed by atoms with Gasteiger partial charge < -0.3 is 10.8 Å². The number of benzene rings is 1. The summed E-state index contributed by atoms with van der Waals surface area (Å²) in [6, 6.07) is 11.1. The first-order valence-electron chi connectivity index (χ1n) is 5.39. The summed E-state index contributed by atoms with van der Waals surface area (Å²) in [5.74, 6) is -0.965. The molecule has 0 aliphatic heterocycles. The summed E-state index contributed by atoms with van der Waals surface area (Å²) in [5, 5.41) is 8.78. The lowest BCUT2D eigenvalue weighted by molar-refractivity contribution is -0.138. The monoisotopic (exact) mass is 325 g/mol. The molecule has 1 heterocycles. The molecule has 0 fully saturated rings. The van der Waals surface area contributed by atoms with E-state index < -0.39 is 12.0 Å². The van der Waals surface area contributed by atoms with Crippen LogP contribution in [0.5, 0.6) is 0 Å². The van der Waals surface area contributed by atoms with E-state index in [1.165, 1.54) is 0 Å². The number of hydrogen-bond donors (Lipinski definition) is 2. The summed E-state index contributed by atoms with van der Waals surface area (Å²) >= 11 is 5.01. The van der Waals surface area contributed by atoms with Crippen LogP contribution < -0.4 is 5.73 Å². The highest BCUT2D eigenvalue weighted by molar-refractivity contribution is 9.10. The van der Waals surface area contributed by atoms with Gasteiger partial charge in [-0.25, -0.2) is 0 Å². The molecule has 5 heteroatoms. The SMILES string of the molecule is NC(Cc1ccc(-c2cccc(Br)c2)s1)C(=O)O. The fourth-order valence-corrected chi connectivity index (χ4v) is 3.05. The summed E-state index contributed by atoms with van der Waals surface area (Å²) in [6.07, 6.45) is 0.369. The second-order valence-corrected chi connectivity index (χ2v) is 6.01. The summed E-state index contributed by atoms with van der Waals surface area (Å²) in [4.78, 5) is 12.8. The number of halogens is 1. The molecule has 0 aliphatic carbocycles. The van der Waals surface area contributed by atoms with Crippen LogP contribution in [0, 0.1) is 0 Å². The van der Waals surface area contributed by atoms with Gasteiger partial charge in [-0.2, -0.15) is 0 Å². The van der Waals surface area contributed by atoms with E-state index in [1.807, 2.05) is 36.4 Å². The van der Waals surface area contributed by atoms with Crippen molar-refractivity contribution in [3.05, 3.63) is 45.7 Å². The van der Waals surface area contributed by atoms with E-state index >= 15 is 0 Å². The molecule has 3 nitrogen and oxygen atoms in total. The Labute approximate surface area is 117 Å². The van der Waals surface area contributed by atoms with Crippen molar-refractivity contribution < 1.29 is 9.90 Å². The van der Waals surface area contributed by atoms with Crippen LogP contribution in [0.1, 0.15) is 4.88 Å². The normalized spacial score (nSPS) is 12.3. The van der Waals surface area contributed by atoms with Gasteiger partial charge in [-0.15, -0.1) is 11.3 Å². The highest BCUT2D eigenvalue weighted by atomic mass is 79.9. The Bertz CT molecular complexity index is 568. The number of carboxylic acid groups (broad SMARTS) is 1. The number of rotatable bonds is 4. The molecule has 18 heavy (non-hydrogen) atoms. The smallest absolute Gasteiger partial charge is 0.320 e. The van der Waals surface area contributed by atoms with Crippen molar-refractivity contribution >= 4 is 33.2 Å². The molecule has 0 bridgehead atoms. The van der Waals surface area contributed by atoms with Crippen LogP contribution in [0.3, 0.4) is 0 Å². The molecular weight excluding hydrogens is 314 g/mol. The zero-order valence-electron chi connectivity index (χ0n) is 9.47. The van der Waals surface area contributed by atoms with Crippen LogP contribution in [-0.2, 0) is 11.2 Å². The summed E-state index contributed by atoms with van der Waals surface area (Å²) < 4.78 is 1.03. The fourth-order valence-electron chi connectivity index (χ4n) is 1.59. The molecule has 94 valence electrons.